The van der Waals surface area contributed by atoms with E-state index >= 15 is 0 Å². The van der Waals surface area contributed by atoms with E-state index in [2.05, 4.69) is 5.32 Å². The van der Waals surface area contributed by atoms with Gasteiger partial charge in [-0.3, -0.25) is 4.79 Å². The summed E-state index contributed by atoms with van der Waals surface area (Å²) >= 11 is 0. The van der Waals surface area contributed by atoms with Gasteiger partial charge in [-0.05, 0) is 24.6 Å². The van der Waals surface area contributed by atoms with Crippen molar-refractivity contribution in [2.75, 3.05) is 19.8 Å². The van der Waals surface area contributed by atoms with Crippen LogP contribution >= 0.6 is 0 Å². The maximum atomic E-state index is 11.3. The molecule has 0 bridgehead atoms. The van der Waals surface area contributed by atoms with Gasteiger partial charge in [-0.25, -0.2) is 0 Å². The molecule has 16 heavy (non-hydrogen) atoms. The quantitative estimate of drug-likeness (QED) is 0.751. The number of carbonyl (C=O) groups is 1. The molecule has 0 aromatic heterocycles. The zero-order chi connectivity index (χ0) is 11.4. The van der Waals surface area contributed by atoms with Crippen LogP contribution in [0.1, 0.15) is 5.56 Å². The van der Waals surface area contributed by atoms with Crippen molar-refractivity contribution in [1.82, 2.24) is 5.32 Å². The maximum Gasteiger partial charge on any atom is 0.258 e. The van der Waals surface area contributed by atoms with Gasteiger partial charge in [0.25, 0.3) is 5.91 Å². The van der Waals surface area contributed by atoms with Crippen molar-refractivity contribution in [3.8, 4) is 5.75 Å². The molecule has 4 nitrogen and oxygen atoms in total. The molecule has 1 aliphatic rings. The zero-order valence-electron chi connectivity index (χ0n) is 9.23. The lowest BCUT2D eigenvalue weighted by molar-refractivity contribution is -0.123. The van der Waals surface area contributed by atoms with Crippen LogP contribution in [-0.4, -0.2) is 31.8 Å². The second-order valence-corrected chi connectivity index (χ2v) is 3.86. The summed E-state index contributed by atoms with van der Waals surface area (Å²) in [6.07, 6.45) is 0.211. The molecular formula is C12H15NO3. The number of ether oxygens (including phenoxy) is 2. The van der Waals surface area contributed by atoms with Crippen LogP contribution in [0.3, 0.4) is 0 Å². The summed E-state index contributed by atoms with van der Waals surface area (Å²) in [4.78, 5) is 11.3. The third kappa shape index (κ3) is 3.55. The van der Waals surface area contributed by atoms with Crippen LogP contribution in [0, 0.1) is 6.92 Å². The number of aryl methyl sites for hydroxylation is 1. The second kappa shape index (κ2) is 4.99. The fourth-order valence-electron chi connectivity index (χ4n) is 1.32. The first-order valence-corrected chi connectivity index (χ1v) is 5.32. The summed E-state index contributed by atoms with van der Waals surface area (Å²) < 4.78 is 10.3. The molecule has 0 spiro atoms. The molecule has 0 unspecified atom stereocenters. The third-order valence-corrected chi connectivity index (χ3v) is 2.29. The molecule has 1 amide bonds. The SMILES string of the molecule is Cc1cccc(OCC(=O)NC[C@H]2CO2)c1. The van der Waals surface area contributed by atoms with Crippen molar-refractivity contribution in [2.24, 2.45) is 0 Å². The van der Waals surface area contributed by atoms with E-state index in [0.717, 1.165) is 17.9 Å². The highest BCUT2D eigenvalue weighted by Gasteiger charge is 2.22. The Kier molecular flexibility index (Phi) is 3.41. The summed E-state index contributed by atoms with van der Waals surface area (Å²) in [6, 6.07) is 7.62. The predicted molar refractivity (Wildman–Crippen MR) is 59.4 cm³/mol. The topological polar surface area (TPSA) is 50.9 Å². The van der Waals surface area contributed by atoms with Crippen molar-refractivity contribution < 1.29 is 14.3 Å². The van der Waals surface area contributed by atoms with Gasteiger partial charge in [0.2, 0.25) is 0 Å². The minimum atomic E-state index is -0.114. The molecule has 1 aliphatic heterocycles. The average Bonchev–Trinajstić information content (AvgIpc) is 3.07. The van der Waals surface area contributed by atoms with E-state index in [4.69, 9.17) is 9.47 Å². The standard InChI is InChI=1S/C12H15NO3/c1-9-3-2-4-10(5-9)16-8-12(14)13-6-11-7-15-11/h2-5,11H,6-8H2,1H3,(H,13,14)/t11-/m0/s1. The fourth-order valence-corrected chi connectivity index (χ4v) is 1.32. The Hall–Kier alpha value is -1.55. The first kappa shape index (κ1) is 11.0. The molecule has 1 saturated heterocycles. The number of rotatable bonds is 5. The molecule has 1 fully saturated rings. The minimum Gasteiger partial charge on any atom is -0.484 e. The number of carbonyl (C=O) groups excluding carboxylic acids is 1. The molecule has 0 aliphatic carbocycles. The molecule has 86 valence electrons. The van der Waals surface area contributed by atoms with E-state index in [0.29, 0.717) is 6.54 Å². The maximum absolute atomic E-state index is 11.3. The smallest absolute Gasteiger partial charge is 0.258 e. The van der Waals surface area contributed by atoms with Crippen LogP contribution in [0.2, 0.25) is 0 Å². The van der Waals surface area contributed by atoms with Gasteiger partial charge in [0.15, 0.2) is 6.61 Å². The Balaban J connectivity index is 1.71. The van der Waals surface area contributed by atoms with Gasteiger partial charge in [0, 0.05) is 6.54 Å². The van der Waals surface area contributed by atoms with E-state index in [1.807, 2.05) is 31.2 Å². The van der Waals surface area contributed by atoms with Gasteiger partial charge in [0.1, 0.15) is 5.75 Å². The Morgan fingerprint density at radius 2 is 2.44 bits per heavy atom. The summed E-state index contributed by atoms with van der Waals surface area (Å²) in [6.45, 7) is 3.36. The molecule has 1 heterocycles. The minimum absolute atomic E-state index is 0.0518. The predicted octanol–water partition coefficient (Wildman–Crippen LogP) is 0.889. The number of amides is 1. The van der Waals surface area contributed by atoms with E-state index in [1.165, 1.54) is 0 Å². The van der Waals surface area contributed by atoms with Crippen LogP contribution in [0.5, 0.6) is 5.75 Å². The van der Waals surface area contributed by atoms with E-state index < -0.39 is 0 Å². The Morgan fingerprint density at radius 3 is 3.12 bits per heavy atom. The van der Waals surface area contributed by atoms with Gasteiger partial charge in [-0.15, -0.1) is 0 Å². The number of hydrogen-bond acceptors (Lipinski definition) is 3. The average molecular weight is 221 g/mol. The monoisotopic (exact) mass is 221 g/mol. The van der Waals surface area contributed by atoms with Gasteiger partial charge < -0.3 is 14.8 Å². The molecule has 1 aromatic rings. The summed E-state index contributed by atoms with van der Waals surface area (Å²) in [5.74, 6) is 0.606. The van der Waals surface area contributed by atoms with E-state index in [-0.39, 0.29) is 18.6 Å². The Labute approximate surface area is 94.6 Å². The highest BCUT2D eigenvalue weighted by molar-refractivity contribution is 5.77. The van der Waals surface area contributed by atoms with Crippen molar-refractivity contribution in [3.63, 3.8) is 0 Å². The first-order chi connectivity index (χ1) is 7.74. The highest BCUT2D eigenvalue weighted by atomic mass is 16.6. The number of benzene rings is 1. The largest absolute Gasteiger partial charge is 0.484 e. The summed E-state index contributed by atoms with van der Waals surface area (Å²) in [5.41, 5.74) is 1.12. The lowest BCUT2D eigenvalue weighted by Crippen LogP contribution is -2.31. The van der Waals surface area contributed by atoms with Crippen LogP contribution in [0.15, 0.2) is 24.3 Å². The van der Waals surface area contributed by atoms with Crippen LogP contribution in [0.25, 0.3) is 0 Å². The zero-order valence-corrected chi connectivity index (χ0v) is 9.23. The molecule has 1 N–H and O–H groups in total. The Morgan fingerprint density at radius 1 is 1.62 bits per heavy atom. The van der Waals surface area contributed by atoms with Crippen molar-refractivity contribution in [2.45, 2.75) is 13.0 Å². The van der Waals surface area contributed by atoms with Crippen molar-refractivity contribution in [1.29, 1.82) is 0 Å². The Bertz CT molecular complexity index is 374. The first-order valence-electron chi connectivity index (χ1n) is 5.32. The van der Waals surface area contributed by atoms with E-state index in [9.17, 15) is 4.79 Å². The normalized spacial score (nSPS) is 17.9. The molecule has 1 atom stereocenters. The van der Waals surface area contributed by atoms with Gasteiger partial charge in [-0.1, -0.05) is 12.1 Å². The number of hydrogen-bond donors (Lipinski definition) is 1. The highest BCUT2D eigenvalue weighted by Crippen LogP contribution is 2.12. The number of epoxide rings is 1. The summed E-state index contributed by atoms with van der Waals surface area (Å²) in [7, 11) is 0. The van der Waals surface area contributed by atoms with Crippen LogP contribution in [0.4, 0.5) is 0 Å². The van der Waals surface area contributed by atoms with Crippen molar-refractivity contribution >= 4 is 5.91 Å². The van der Waals surface area contributed by atoms with E-state index in [1.54, 1.807) is 0 Å². The lowest BCUT2D eigenvalue weighted by Gasteiger charge is -2.06. The molecule has 0 radical (unpaired) electrons. The fraction of sp³-hybridized carbons (Fsp3) is 0.417. The molecule has 1 aromatic carbocycles. The van der Waals surface area contributed by atoms with Crippen molar-refractivity contribution in [3.05, 3.63) is 29.8 Å². The molecule has 0 saturated carbocycles. The number of nitrogens with one attached hydrogen (secondary N) is 1. The van der Waals surface area contributed by atoms with Gasteiger partial charge in [0.05, 0.1) is 12.7 Å². The molecular weight excluding hydrogens is 206 g/mol. The second-order valence-electron chi connectivity index (χ2n) is 3.86. The third-order valence-electron chi connectivity index (χ3n) is 2.29. The van der Waals surface area contributed by atoms with Crippen LogP contribution < -0.4 is 10.1 Å². The summed E-state index contributed by atoms with van der Waals surface area (Å²) in [5, 5.41) is 2.74. The lowest BCUT2D eigenvalue weighted by atomic mass is 10.2. The molecule has 4 heteroatoms. The molecule has 2 rings (SSSR count). The van der Waals surface area contributed by atoms with Crippen LogP contribution in [-0.2, 0) is 9.53 Å². The van der Waals surface area contributed by atoms with Gasteiger partial charge >= 0.3 is 0 Å². The van der Waals surface area contributed by atoms with Gasteiger partial charge in [-0.2, -0.15) is 0 Å².